The molecular weight excluding hydrogens is 310 g/mol. The molecule has 0 spiro atoms. The number of rotatable bonds is 6. The standard InChI is InChI=1S/C21H19N3O/c25-21(24-23-14-6-9-17-7-2-1-3-8-17)16-22-20-13-12-18-10-4-5-11-19(18)15-20/h1-15,22H,16H2,(H,24,25)/b9-6+,23-14+. The number of nitrogens with zero attached hydrogens (tertiary/aromatic N) is 1. The number of carbonyl (C=O) groups is 1. The third-order valence-electron chi connectivity index (χ3n) is 3.64. The molecule has 2 N–H and O–H groups in total. The van der Waals surface area contributed by atoms with Crippen LogP contribution in [0.4, 0.5) is 5.69 Å². The van der Waals surface area contributed by atoms with Crippen LogP contribution >= 0.6 is 0 Å². The summed E-state index contributed by atoms with van der Waals surface area (Å²) in [7, 11) is 0. The fourth-order valence-corrected chi connectivity index (χ4v) is 2.39. The van der Waals surface area contributed by atoms with Crippen molar-refractivity contribution < 1.29 is 4.79 Å². The number of hydrogen-bond donors (Lipinski definition) is 2. The van der Waals surface area contributed by atoms with Crippen LogP contribution in [0.5, 0.6) is 0 Å². The lowest BCUT2D eigenvalue weighted by Gasteiger charge is -2.06. The molecule has 0 fully saturated rings. The number of fused-ring (bicyclic) bond motifs is 1. The van der Waals surface area contributed by atoms with E-state index in [1.807, 2.05) is 72.8 Å². The lowest BCUT2D eigenvalue weighted by Crippen LogP contribution is -2.25. The smallest absolute Gasteiger partial charge is 0.259 e. The van der Waals surface area contributed by atoms with E-state index in [4.69, 9.17) is 0 Å². The summed E-state index contributed by atoms with van der Waals surface area (Å²) in [6, 6.07) is 24.0. The summed E-state index contributed by atoms with van der Waals surface area (Å²) >= 11 is 0. The first-order valence-electron chi connectivity index (χ1n) is 8.07. The van der Waals surface area contributed by atoms with E-state index in [1.54, 1.807) is 12.3 Å². The molecular formula is C21H19N3O. The monoisotopic (exact) mass is 329 g/mol. The number of carbonyl (C=O) groups excluding carboxylic acids is 1. The molecule has 4 nitrogen and oxygen atoms in total. The van der Waals surface area contributed by atoms with Gasteiger partial charge < -0.3 is 5.32 Å². The molecule has 0 saturated heterocycles. The van der Waals surface area contributed by atoms with Crippen molar-refractivity contribution in [3.05, 3.63) is 84.4 Å². The normalized spacial score (nSPS) is 11.2. The minimum atomic E-state index is -0.197. The van der Waals surface area contributed by atoms with Gasteiger partial charge in [-0.3, -0.25) is 4.79 Å². The van der Waals surface area contributed by atoms with E-state index < -0.39 is 0 Å². The van der Waals surface area contributed by atoms with Gasteiger partial charge in [0.15, 0.2) is 0 Å². The van der Waals surface area contributed by atoms with Gasteiger partial charge in [-0.25, -0.2) is 5.43 Å². The van der Waals surface area contributed by atoms with Gasteiger partial charge in [0.05, 0.1) is 6.54 Å². The number of hydrogen-bond acceptors (Lipinski definition) is 3. The van der Waals surface area contributed by atoms with E-state index in [9.17, 15) is 4.79 Å². The molecule has 0 saturated carbocycles. The molecule has 0 aliphatic carbocycles. The predicted molar refractivity (Wildman–Crippen MR) is 105 cm³/mol. The van der Waals surface area contributed by atoms with Crippen molar-refractivity contribution in [2.24, 2.45) is 5.10 Å². The number of benzene rings is 3. The second kappa shape index (κ2) is 8.45. The maximum absolute atomic E-state index is 11.8. The van der Waals surface area contributed by atoms with Gasteiger partial charge >= 0.3 is 0 Å². The van der Waals surface area contributed by atoms with Gasteiger partial charge in [-0.2, -0.15) is 5.10 Å². The molecule has 0 aromatic heterocycles. The number of anilines is 1. The molecule has 0 unspecified atom stereocenters. The van der Waals surface area contributed by atoms with Crippen LogP contribution in [0.3, 0.4) is 0 Å². The zero-order valence-electron chi connectivity index (χ0n) is 13.7. The fourth-order valence-electron chi connectivity index (χ4n) is 2.39. The molecule has 124 valence electrons. The maximum atomic E-state index is 11.8. The van der Waals surface area contributed by atoms with Crippen LogP contribution in [0.15, 0.2) is 84.0 Å². The van der Waals surface area contributed by atoms with E-state index in [2.05, 4.69) is 21.9 Å². The van der Waals surface area contributed by atoms with Crippen LogP contribution in [0.1, 0.15) is 5.56 Å². The van der Waals surface area contributed by atoms with Gasteiger partial charge in [0.25, 0.3) is 5.91 Å². The molecule has 3 rings (SSSR count). The minimum absolute atomic E-state index is 0.165. The second-order valence-corrected chi connectivity index (χ2v) is 5.50. The fraction of sp³-hybridized carbons (Fsp3) is 0.0476. The predicted octanol–water partition coefficient (Wildman–Crippen LogP) is 4.07. The Morgan fingerprint density at radius 2 is 1.68 bits per heavy atom. The summed E-state index contributed by atoms with van der Waals surface area (Å²) in [5.41, 5.74) is 4.48. The van der Waals surface area contributed by atoms with E-state index >= 15 is 0 Å². The Labute approximate surface area is 146 Å². The third kappa shape index (κ3) is 5.04. The van der Waals surface area contributed by atoms with Crippen molar-refractivity contribution in [1.29, 1.82) is 0 Å². The van der Waals surface area contributed by atoms with Crippen molar-refractivity contribution in [2.45, 2.75) is 0 Å². The third-order valence-corrected chi connectivity index (χ3v) is 3.64. The summed E-state index contributed by atoms with van der Waals surface area (Å²) < 4.78 is 0. The first-order chi connectivity index (χ1) is 12.3. The number of hydrazone groups is 1. The van der Waals surface area contributed by atoms with E-state index in [0.717, 1.165) is 16.6 Å². The van der Waals surface area contributed by atoms with Gasteiger partial charge in [-0.05, 0) is 34.5 Å². The van der Waals surface area contributed by atoms with Crippen LogP contribution in [0, 0.1) is 0 Å². The average molecular weight is 329 g/mol. The van der Waals surface area contributed by atoms with Gasteiger partial charge in [0.1, 0.15) is 0 Å². The van der Waals surface area contributed by atoms with Gasteiger partial charge in [-0.15, -0.1) is 0 Å². The first-order valence-corrected chi connectivity index (χ1v) is 8.07. The van der Waals surface area contributed by atoms with Crippen LogP contribution in [-0.2, 0) is 4.79 Å². The second-order valence-electron chi connectivity index (χ2n) is 5.50. The Hall–Kier alpha value is -3.40. The largest absolute Gasteiger partial charge is 0.376 e. The van der Waals surface area contributed by atoms with Crippen molar-refractivity contribution in [3.63, 3.8) is 0 Å². The molecule has 0 atom stereocenters. The molecule has 0 bridgehead atoms. The Morgan fingerprint density at radius 1 is 0.920 bits per heavy atom. The van der Waals surface area contributed by atoms with Crippen LogP contribution in [-0.4, -0.2) is 18.7 Å². The molecule has 0 aliphatic rings. The quantitative estimate of drug-likeness (QED) is 0.529. The molecule has 1 amide bonds. The summed E-state index contributed by atoms with van der Waals surface area (Å²) in [6.45, 7) is 0.165. The Balaban J connectivity index is 1.45. The zero-order chi connectivity index (χ0) is 17.3. The summed E-state index contributed by atoms with van der Waals surface area (Å²) in [6.07, 6.45) is 5.26. The van der Waals surface area contributed by atoms with Gasteiger partial charge in [-0.1, -0.05) is 66.7 Å². The average Bonchev–Trinajstić information content (AvgIpc) is 2.67. The highest BCUT2D eigenvalue weighted by atomic mass is 16.2. The topological polar surface area (TPSA) is 53.5 Å². The first kappa shape index (κ1) is 16.5. The summed E-state index contributed by atoms with van der Waals surface area (Å²) in [5.74, 6) is -0.197. The van der Waals surface area contributed by atoms with Crippen LogP contribution in [0.2, 0.25) is 0 Å². The highest BCUT2D eigenvalue weighted by molar-refractivity contribution is 5.87. The van der Waals surface area contributed by atoms with Crippen LogP contribution in [0.25, 0.3) is 16.8 Å². The zero-order valence-corrected chi connectivity index (χ0v) is 13.7. The van der Waals surface area contributed by atoms with E-state index in [0.29, 0.717) is 0 Å². The van der Waals surface area contributed by atoms with Gasteiger partial charge in [0, 0.05) is 11.9 Å². The lowest BCUT2D eigenvalue weighted by atomic mass is 10.1. The summed E-state index contributed by atoms with van der Waals surface area (Å²) in [5, 5.41) is 9.31. The van der Waals surface area contributed by atoms with Crippen molar-refractivity contribution in [3.8, 4) is 0 Å². The molecule has 0 aliphatic heterocycles. The van der Waals surface area contributed by atoms with E-state index in [1.165, 1.54) is 5.39 Å². The minimum Gasteiger partial charge on any atom is -0.376 e. The highest BCUT2D eigenvalue weighted by Crippen LogP contribution is 2.18. The Bertz CT molecular complexity index is 901. The SMILES string of the molecule is O=C(CNc1ccc2ccccc2c1)N/N=C/C=C/c1ccccc1. The molecule has 0 heterocycles. The molecule has 3 aromatic carbocycles. The van der Waals surface area contributed by atoms with Crippen molar-refractivity contribution in [2.75, 3.05) is 11.9 Å². The number of nitrogens with one attached hydrogen (secondary N) is 2. The van der Waals surface area contributed by atoms with Gasteiger partial charge in [0.2, 0.25) is 0 Å². The number of allylic oxidation sites excluding steroid dienone is 1. The van der Waals surface area contributed by atoms with Crippen molar-refractivity contribution in [1.82, 2.24) is 5.43 Å². The lowest BCUT2D eigenvalue weighted by molar-refractivity contribution is -0.119. The van der Waals surface area contributed by atoms with E-state index in [-0.39, 0.29) is 12.5 Å². The molecule has 3 aromatic rings. The molecule has 4 heteroatoms. The Kier molecular flexibility index (Phi) is 5.56. The summed E-state index contributed by atoms with van der Waals surface area (Å²) in [4.78, 5) is 11.8. The molecule has 0 radical (unpaired) electrons. The number of amides is 1. The Morgan fingerprint density at radius 3 is 2.52 bits per heavy atom. The molecule has 25 heavy (non-hydrogen) atoms. The highest BCUT2D eigenvalue weighted by Gasteiger charge is 2.00. The van der Waals surface area contributed by atoms with Crippen LogP contribution < -0.4 is 10.7 Å². The maximum Gasteiger partial charge on any atom is 0.259 e. The van der Waals surface area contributed by atoms with Crippen molar-refractivity contribution >= 4 is 34.7 Å².